The second-order valence-corrected chi connectivity index (χ2v) is 10.8. The molecule has 1 amide bonds. The molecule has 9 heteroatoms. The van der Waals surface area contributed by atoms with Gasteiger partial charge in [0, 0.05) is 43.6 Å². The molecule has 2 aliphatic heterocycles. The van der Waals surface area contributed by atoms with E-state index in [0.29, 0.717) is 23.6 Å². The first kappa shape index (κ1) is 24.8. The molecule has 0 spiro atoms. The number of hydrogen-bond acceptors (Lipinski definition) is 6. The lowest BCUT2D eigenvalue weighted by atomic mass is 9.90. The molecule has 1 aromatic carbocycles. The van der Waals surface area contributed by atoms with Crippen LogP contribution in [0.3, 0.4) is 0 Å². The number of pyridine rings is 1. The molecule has 1 unspecified atom stereocenters. The summed E-state index contributed by atoms with van der Waals surface area (Å²) >= 11 is 1.24. The van der Waals surface area contributed by atoms with Crippen LogP contribution in [0.1, 0.15) is 24.8 Å². The third kappa shape index (κ3) is 4.75. The standard InChI is InChI=1S/C27H31FN4O3S/c1-30(2)27(21-5-6-21)9-11-32(26(27)34)23-8-10-29-24(15-23)36-35-17-18-12-20(14-22(28)13-18)19-4-7-25(33)31(3)16-19/h4,7-8,10,12-16,21,24,29H,5-6,9,11,17H2,1-3H3/t24?,27-/m1/s1. The molecular formula is C27H31FN4O3S. The van der Waals surface area contributed by atoms with E-state index in [1.54, 1.807) is 19.3 Å². The molecule has 1 aromatic heterocycles. The summed E-state index contributed by atoms with van der Waals surface area (Å²) in [6, 6.07) is 7.91. The van der Waals surface area contributed by atoms with E-state index in [4.69, 9.17) is 4.18 Å². The van der Waals surface area contributed by atoms with Crippen LogP contribution in [0.4, 0.5) is 4.39 Å². The van der Waals surface area contributed by atoms with E-state index < -0.39 is 5.54 Å². The summed E-state index contributed by atoms with van der Waals surface area (Å²) in [4.78, 5) is 29.2. The number of nitrogens with zero attached hydrogens (tertiary/aromatic N) is 3. The topological polar surface area (TPSA) is 66.8 Å². The van der Waals surface area contributed by atoms with E-state index in [-0.39, 0.29) is 29.3 Å². The van der Waals surface area contributed by atoms with E-state index in [0.717, 1.165) is 30.5 Å². The minimum absolute atomic E-state index is 0.118. The highest BCUT2D eigenvalue weighted by molar-refractivity contribution is 7.95. The number of aromatic nitrogens is 1. The number of likely N-dealkylation sites (tertiary alicyclic amines) is 1. The third-order valence-electron chi connectivity index (χ3n) is 7.31. The predicted octanol–water partition coefficient (Wildman–Crippen LogP) is 3.63. The number of nitrogens with one attached hydrogen (secondary N) is 1. The van der Waals surface area contributed by atoms with Gasteiger partial charge in [-0.1, -0.05) is 0 Å². The first-order valence-corrected chi connectivity index (χ1v) is 13.0. The van der Waals surface area contributed by atoms with Crippen molar-refractivity contribution in [1.29, 1.82) is 0 Å². The fourth-order valence-electron chi connectivity index (χ4n) is 5.25. The smallest absolute Gasteiger partial charge is 0.250 e. The van der Waals surface area contributed by atoms with E-state index in [9.17, 15) is 14.0 Å². The number of rotatable bonds is 8. The molecule has 0 bridgehead atoms. The zero-order chi connectivity index (χ0) is 25.4. The van der Waals surface area contributed by atoms with Crippen molar-refractivity contribution in [3.05, 3.63) is 82.3 Å². The minimum atomic E-state index is -0.390. The lowest BCUT2D eigenvalue weighted by molar-refractivity contribution is -0.136. The molecule has 1 saturated heterocycles. The van der Waals surface area contributed by atoms with Crippen molar-refractivity contribution in [3.8, 4) is 11.1 Å². The van der Waals surface area contributed by atoms with Crippen molar-refractivity contribution in [3.63, 3.8) is 0 Å². The summed E-state index contributed by atoms with van der Waals surface area (Å²) < 4.78 is 21.6. The number of likely N-dealkylation sites (N-methyl/N-ethyl adjacent to an activating group) is 1. The van der Waals surface area contributed by atoms with Crippen LogP contribution in [0.15, 0.2) is 65.4 Å². The minimum Gasteiger partial charge on any atom is -0.374 e. The number of hydrogen-bond donors (Lipinski definition) is 1. The average Bonchev–Trinajstić information content (AvgIpc) is 3.63. The van der Waals surface area contributed by atoms with E-state index >= 15 is 0 Å². The van der Waals surface area contributed by atoms with Crippen LogP contribution in [0.5, 0.6) is 0 Å². The van der Waals surface area contributed by atoms with Gasteiger partial charge in [0.05, 0.1) is 6.61 Å². The maximum absolute atomic E-state index is 14.3. The maximum atomic E-state index is 14.3. The summed E-state index contributed by atoms with van der Waals surface area (Å²) in [7, 11) is 5.69. The monoisotopic (exact) mass is 510 g/mol. The molecule has 2 atom stereocenters. The van der Waals surface area contributed by atoms with Crippen LogP contribution < -0.4 is 10.9 Å². The van der Waals surface area contributed by atoms with E-state index in [1.807, 2.05) is 43.4 Å². The Hall–Kier alpha value is -2.88. The Bertz CT molecular complexity index is 1280. The van der Waals surface area contributed by atoms with Gasteiger partial charge in [-0.25, -0.2) is 4.39 Å². The summed E-state index contributed by atoms with van der Waals surface area (Å²) in [5.74, 6) is 0.267. The third-order valence-corrected chi connectivity index (χ3v) is 8.04. The molecule has 190 valence electrons. The van der Waals surface area contributed by atoms with Crippen LogP contribution in [0, 0.1) is 11.7 Å². The van der Waals surface area contributed by atoms with Crippen molar-refractivity contribution in [1.82, 2.24) is 19.7 Å². The number of allylic oxidation sites excluding steroid dienone is 1. The van der Waals surface area contributed by atoms with Gasteiger partial charge in [0.15, 0.2) is 0 Å². The van der Waals surface area contributed by atoms with E-state index in [2.05, 4.69) is 10.2 Å². The lowest BCUT2D eigenvalue weighted by Gasteiger charge is -2.35. The first-order chi connectivity index (χ1) is 17.3. The quantitative estimate of drug-likeness (QED) is 0.548. The predicted molar refractivity (Wildman–Crippen MR) is 139 cm³/mol. The van der Waals surface area contributed by atoms with Crippen molar-refractivity contribution in [2.75, 3.05) is 20.6 Å². The Labute approximate surface area is 214 Å². The molecule has 1 saturated carbocycles. The summed E-state index contributed by atoms with van der Waals surface area (Å²) in [6.45, 7) is 0.916. The number of aryl methyl sites for hydroxylation is 1. The van der Waals surface area contributed by atoms with Gasteiger partial charge in [0.25, 0.3) is 0 Å². The summed E-state index contributed by atoms with van der Waals surface area (Å²) in [5.41, 5.74) is 2.50. The van der Waals surface area contributed by atoms with Crippen LogP contribution in [-0.4, -0.2) is 51.8 Å². The number of amides is 1. The Morgan fingerprint density at radius 2 is 2.00 bits per heavy atom. The van der Waals surface area contributed by atoms with Crippen molar-refractivity contribution in [2.45, 2.75) is 36.8 Å². The largest absolute Gasteiger partial charge is 0.374 e. The van der Waals surface area contributed by atoms with Gasteiger partial charge in [0.2, 0.25) is 11.5 Å². The average molecular weight is 511 g/mol. The molecule has 3 heterocycles. The molecular weight excluding hydrogens is 479 g/mol. The summed E-state index contributed by atoms with van der Waals surface area (Å²) in [5, 5.41) is 3.06. The summed E-state index contributed by atoms with van der Waals surface area (Å²) in [6.07, 6.45) is 10.5. The second-order valence-electron chi connectivity index (χ2n) is 9.89. The highest BCUT2D eigenvalue weighted by Crippen LogP contribution is 2.48. The Morgan fingerprint density at radius 1 is 1.19 bits per heavy atom. The molecule has 1 N–H and O–H groups in total. The van der Waals surface area contributed by atoms with Crippen LogP contribution in [0.2, 0.25) is 0 Å². The zero-order valence-electron chi connectivity index (χ0n) is 20.7. The van der Waals surface area contributed by atoms with Gasteiger partial charge >= 0.3 is 0 Å². The zero-order valence-corrected chi connectivity index (χ0v) is 21.6. The van der Waals surface area contributed by atoms with Crippen molar-refractivity contribution < 1.29 is 13.4 Å². The number of halogens is 1. The Morgan fingerprint density at radius 3 is 2.72 bits per heavy atom. The van der Waals surface area contributed by atoms with Gasteiger partial charge in [-0.05, 0) is 98.6 Å². The normalized spacial score (nSPS) is 23.8. The fourth-order valence-corrected chi connectivity index (χ4v) is 5.93. The Kier molecular flexibility index (Phi) is 6.80. The molecule has 5 rings (SSSR count). The highest BCUT2D eigenvalue weighted by atomic mass is 32.2. The molecule has 2 aromatic rings. The number of dihydropyridines is 1. The fraction of sp³-hybridized carbons (Fsp3) is 0.407. The highest BCUT2D eigenvalue weighted by Gasteiger charge is 2.57. The van der Waals surface area contributed by atoms with Crippen LogP contribution >= 0.6 is 12.0 Å². The van der Waals surface area contributed by atoms with Crippen molar-refractivity contribution >= 4 is 17.9 Å². The molecule has 2 fully saturated rings. The SMILES string of the molecule is CN(C)[C@@]1(C2CC2)CCN(C2=CC(SOCc3cc(F)cc(-c4ccc(=O)n(C)c4)c3)NC=C2)C1=O. The van der Waals surface area contributed by atoms with E-state index in [1.165, 1.54) is 34.8 Å². The van der Waals surface area contributed by atoms with Crippen LogP contribution in [0.25, 0.3) is 11.1 Å². The van der Waals surface area contributed by atoms with Crippen molar-refractivity contribution in [2.24, 2.45) is 13.0 Å². The molecule has 36 heavy (non-hydrogen) atoms. The number of benzene rings is 1. The van der Waals surface area contributed by atoms with Gasteiger partial charge in [-0.2, -0.15) is 0 Å². The Balaban J connectivity index is 1.23. The van der Waals surface area contributed by atoms with Gasteiger partial charge < -0.3 is 19.0 Å². The first-order valence-electron chi connectivity index (χ1n) is 12.2. The maximum Gasteiger partial charge on any atom is 0.250 e. The van der Waals surface area contributed by atoms with Gasteiger partial charge in [-0.15, -0.1) is 0 Å². The lowest BCUT2D eigenvalue weighted by Crippen LogP contribution is -2.52. The van der Waals surface area contributed by atoms with Crippen LogP contribution in [-0.2, 0) is 22.6 Å². The second kappa shape index (κ2) is 9.88. The number of carbonyl (C=O) groups excluding carboxylic acids is 1. The molecule has 7 nitrogen and oxygen atoms in total. The van der Waals surface area contributed by atoms with Gasteiger partial charge in [-0.3, -0.25) is 14.5 Å². The molecule has 0 radical (unpaired) electrons. The molecule has 3 aliphatic rings. The number of carbonyl (C=O) groups is 1. The molecule has 1 aliphatic carbocycles. The van der Waals surface area contributed by atoms with Gasteiger partial charge in [0.1, 0.15) is 16.7 Å².